The summed E-state index contributed by atoms with van der Waals surface area (Å²) in [4.78, 5) is 15.3. The van der Waals surface area contributed by atoms with Gasteiger partial charge in [-0.25, -0.2) is 0 Å². The first kappa shape index (κ1) is 12.4. The molecule has 0 aromatic heterocycles. The van der Waals surface area contributed by atoms with E-state index in [0.29, 0.717) is 0 Å². The second-order valence-electron chi connectivity index (χ2n) is 4.47. The van der Waals surface area contributed by atoms with Gasteiger partial charge in [-0.05, 0) is 26.3 Å². The third-order valence-electron chi connectivity index (χ3n) is 1.68. The van der Waals surface area contributed by atoms with Gasteiger partial charge in [-0.15, -0.1) is 0 Å². The predicted molar refractivity (Wildman–Crippen MR) is 64.7 cm³/mol. The molecule has 0 radical (unpaired) electrons. The average molecular weight is 219 g/mol. The third-order valence-corrected chi connectivity index (χ3v) is 1.68. The molecule has 0 N–H and O–H groups in total. The van der Waals surface area contributed by atoms with Crippen LogP contribution in [0.1, 0.15) is 26.3 Å². The number of benzene rings is 1. The SMILES string of the molecule is CC(C)(C)OC(=O)C/N=C\c1ccccc1. The average Bonchev–Trinajstić information content (AvgIpc) is 2.16. The van der Waals surface area contributed by atoms with Crippen molar-refractivity contribution >= 4 is 12.2 Å². The number of carbonyl (C=O) groups excluding carboxylic acids is 1. The van der Waals surface area contributed by atoms with Gasteiger partial charge in [-0.3, -0.25) is 9.79 Å². The molecule has 0 aliphatic rings. The van der Waals surface area contributed by atoms with Gasteiger partial charge >= 0.3 is 5.97 Å². The van der Waals surface area contributed by atoms with Crippen molar-refractivity contribution in [1.82, 2.24) is 0 Å². The van der Waals surface area contributed by atoms with Crippen molar-refractivity contribution in [3.8, 4) is 0 Å². The second kappa shape index (κ2) is 5.45. The Labute approximate surface area is 96.2 Å². The van der Waals surface area contributed by atoms with Crippen LogP contribution in [-0.2, 0) is 9.53 Å². The van der Waals surface area contributed by atoms with Gasteiger partial charge in [0.25, 0.3) is 0 Å². The monoisotopic (exact) mass is 219 g/mol. The molecule has 0 fully saturated rings. The van der Waals surface area contributed by atoms with Crippen molar-refractivity contribution in [2.45, 2.75) is 26.4 Å². The maximum atomic E-state index is 11.3. The first-order valence-electron chi connectivity index (χ1n) is 5.24. The zero-order valence-electron chi connectivity index (χ0n) is 9.93. The van der Waals surface area contributed by atoms with Crippen molar-refractivity contribution in [3.63, 3.8) is 0 Å². The Morgan fingerprint density at radius 2 is 1.94 bits per heavy atom. The number of ether oxygens (including phenoxy) is 1. The molecule has 0 unspecified atom stereocenters. The van der Waals surface area contributed by atoms with Gasteiger partial charge in [-0.1, -0.05) is 30.3 Å². The fourth-order valence-electron chi connectivity index (χ4n) is 1.14. The number of hydrogen-bond acceptors (Lipinski definition) is 3. The van der Waals surface area contributed by atoms with E-state index in [1.807, 2.05) is 51.1 Å². The normalized spacial score (nSPS) is 11.7. The zero-order chi connectivity index (χ0) is 12.0. The Morgan fingerprint density at radius 3 is 2.50 bits per heavy atom. The fraction of sp³-hybridized carbons (Fsp3) is 0.385. The lowest BCUT2D eigenvalue weighted by Crippen LogP contribution is -2.25. The summed E-state index contributed by atoms with van der Waals surface area (Å²) in [6.45, 7) is 5.58. The Balaban J connectivity index is 2.41. The molecule has 0 saturated carbocycles. The molecule has 0 bridgehead atoms. The Hall–Kier alpha value is -1.64. The van der Waals surface area contributed by atoms with E-state index in [0.717, 1.165) is 5.56 Å². The highest BCUT2D eigenvalue weighted by atomic mass is 16.6. The van der Waals surface area contributed by atoms with E-state index in [2.05, 4.69) is 4.99 Å². The van der Waals surface area contributed by atoms with E-state index < -0.39 is 5.60 Å². The molecule has 1 rings (SSSR count). The maximum absolute atomic E-state index is 11.3. The first-order chi connectivity index (χ1) is 7.47. The van der Waals surface area contributed by atoms with E-state index in [1.54, 1.807) is 6.21 Å². The number of aliphatic imine (C=N–C) groups is 1. The van der Waals surface area contributed by atoms with Gasteiger partial charge in [0.2, 0.25) is 0 Å². The summed E-state index contributed by atoms with van der Waals surface area (Å²) in [5.74, 6) is -0.306. The van der Waals surface area contributed by atoms with E-state index in [-0.39, 0.29) is 12.5 Å². The summed E-state index contributed by atoms with van der Waals surface area (Å²) in [5.41, 5.74) is 0.533. The van der Waals surface area contributed by atoms with Crippen LogP contribution in [0.25, 0.3) is 0 Å². The Morgan fingerprint density at radius 1 is 1.31 bits per heavy atom. The van der Waals surface area contributed by atoms with Crippen molar-refractivity contribution in [2.75, 3.05) is 6.54 Å². The highest BCUT2D eigenvalue weighted by Crippen LogP contribution is 2.06. The van der Waals surface area contributed by atoms with Gasteiger partial charge < -0.3 is 4.74 Å². The first-order valence-corrected chi connectivity index (χ1v) is 5.24. The fourth-order valence-corrected chi connectivity index (χ4v) is 1.14. The van der Waals surface area contributed by atoms with Gasteiger partial charge in [0.15, 0.2) is 0 Å². The summed E-state index contributed by atoms with van der Waals surface area (Å²) in [6, 6.07) is 9.64. The molecule has 16 heavy (non-hydrogen) atoms. The van der Waals surface area contributed by atoms with Crippen LogP contribution in [0.15, 0.2) is 35.3 Å². The molecule has 0 aliphatic carbocycles. The summed E-state index contributed by atoms with van der Waals surface area (Å²) in [5, 5.41) is 0. The van der Waals surface area contributed by atoms with Crippen molar-refractivity contribution in [1.29, 1.82) is 0 Å². The molecule has 3 heteroatoms. The number of carbonyl (C=O) groups is 1. The molecule has 0 spiro atoms. The van der Waals surface area contributed by atoms with Gasteiger partial charge in [-0.2, -0.15) is 0 Å². The van der Waals surface area contributed by atoms with Crippen LogP contribution in [-0.4, -0.2) is 24.3 Å². The highest BCUT2D eigenvalue weighted by Gasteiger charge is 2.15. The predicted octanol–water partition coefficient (Wildman–Crippen LogP) is 2.45. The highest BCUT2D eigenvalue weighted by molar-refractivity contribution is 5.82. The molecule has 0 aliphatic heterocycles. The molecule has 0 saturated heterocycles. The van der Waals surface area contributed by atoms with Crippen LogP contribution < -0.4 is 0 Å². The maximum Gasteiger partial charge on any atom is 0.328 e. The minimum absolute atomic E-state index is 0.0617. The Kier molecular flexibility index (Phi) is 4.23. The molecule has 86 valence electrons. The third kappa shape index (κ3) is 5.29. The van der Waals surface area contributed by atoms with Crippen LogP contribution in [0, 0.1) is 0 Å². The van der Waals surface area contributed by atoms with Gasteiger partial charge in [0, 0.05) is 6.21 Å². The number of esters is 1. The van der Waals surface area contributed by atoms with Crippen LogP contribution >= 0.6 is 0 Å². The molecule has 1 aromatic carbocycles. The zero-order valence-corrected chi connectivity index (χ0v) is 9.93. The standard InChI is InChI=1S/C13H17NO2/c1-13(2,3)16-12(15)10-14-9-11-7-5-4-6-8-11/h4-9H,10H2,1-3H3/b14-9-. The number of rotatable bonds is 3. The van der Waals surface area contributed by atoms with Crippen molar-refractivity contribution < 1.29 is 9.53 Å². The van der Waals surface area contributed by atoms with E-state index in [1.165, 1.54) is 0 Å². The van der Waals surface area contributed by atoms with Crippen LogP contribution in [0.3, 0.4) is 0 Å². The summed E-state index contributed by atoms with van der Waals surface area (Å²) in [7, 11) is 0. The van der Waals surface area contributed by atoms with Gasteiger partial charge in [0.05, 0.1) is 0 Å². The lowest BCUT2D eigenvalue weighted by Gasteiger charge is -2.18. The quantitative estimate of drug-likeness (QED) is 0.578. The minimum Gasteiger partial charge on any atom is -0.459 e. The van der Waals surface area contributed by atoms with Crippen molar-refractivity contribution in [2.24, 2.45) is 4.99 Å². The van der Waals surface area contributed by atoms with Crippen LogP contribution in [0.5, 0.6) is 0 Å². The molecule has 1 aromatic rings. The summed E-state index contributed by atoms with van der Waals surface area (Å²) in [6.07, 6.45) is 1.67. The van der Waals surface area contributed by atoms with Crippen molar-refractivity contribution in [3.05, 3.63) is 35.9 Å². The van der Waals surface area contributed by atoms with Gasteiger partial charge in [0.1, 0.15) is 12.1 Å². The molecular formula is C13H17NO2. The van der Waals surface area contributed by atoms with Crippen LogP contribution in [0.2, 0.25) is 0 Å². The lowest BCUT2D eigenvalue weighted by molar-refractivity contribution is -0.152. The summed E-state index contributed by atoms with van der Waals surface area (Å²) < 4.78 is 5.12. The molecule has 0 amide bonds. The molecular weight excluding hydrogens is 202 g/mol. The minimum atomic E-state index is -0.445. The Bertz CT molecular complexity index is 363. The number of nitrogens with zero attached hydrogens (tertiary/aromatic N) is 1. The topological polar surface area (TPSA) is 38.7 Å². The lowest BCUT2D eigenvalue weighted by atomic mass is 10.2. The van der Waals surface area contributed by atoms with Crippen LogP contribution in [0.4, 0.5) is 0 Å². The van der Waals surface area contributed by atoms with E-state index in [9.17, 15) is 4.79 Å². The molecule has 0 atom stereocenters. The largest absolute Gasteiger partial charge is 0.459 e. The smallest absolute Gasteiger partial charge is 0.328 e. The second-order valence-corrected chi connectivity index (χ2v) is 4.47. The van der Waals surface area contributed by atoms with E-state index >= 15 is 0 Å². The van der Waals surface area contributed by atoms with E-state index in [4.69, 9.17) is 4.74 Å². The molecule has 0 heterocycles. The number of hydrogen-bond donors (Lipinski definition) is 0. The molecule has 3 nitrogen and oxygen atoms in total. The summed E-state index contributed by atoms with van der Waals surface area (Å²) >= 11 is 0.